The average Bonchev–Trinajstić information content (AvgIpc) is 2.15. The standard InChI is InChI=1S/C12H21NO2/c1-10(2)7-6-8-11(3)9-12(14)13(4)15-5/h9H,1,6-8H2,2-5H3/b11-9+. The lowest BCUT2D eigenvalue weighted by atomic mass is 10.1. The van der Waals surface area contributed by atoms with Gasteiger partial charge in [-0.2, -0.15) is 0 Å². The number of carbonyl (C=O) groups excluding carboxylic acids is 1. The summed E-state index contributed by atoms with van der Waals surface area (Å²) in [6.07, 6.45) is 4.60. The van der Waals surface area contributed by atoms with E-state index in [1.54, 1.807) is 13.1 Å². The van der Waals surface area contributed by atoms with Crippen molar-refractivity contribution in [2.75, 3.05) is 14.2 Å². The number of hydrogen-bond donors (Lipinski definition) is 0. The molecule has 0 atom stereocenters. The number of carbonyl (C=O) groups is 1. The van der Waals surface area contributed by atoms with Crippen LogP contribution in [0.25, 0.3) is 0 Å². The van der Waals surface area contributed by atoms with Crippen LogP contribution in [0, 0.1) is 0 Å². The molecular formula is C12H21NO2. The number of amides is 1. The van der Waals surface area contributed by atoms with E-state index in [1.165, 1.54) is 17.7 Å². The summed E-state index contributed by atoms with van der Waals surface area (Å²) in [6.45, 7) is 7.81. The summed E-state index contributed by atoms with van der Waals surface area (Å²) in [5, 5.41) is 1.21. The molecule has 0 aliphatic heterocycles. The molecule has 0 N–H and O–H groups in total. The Morgan fingerprint density at radius 2 is 2.00 bits per heavy atom. The van der Waals surface area contributed by atoms with Gasteiger partial charge in [-0.05, 0) is 33.1 Å². The van der Waals surface area contributed by atoms with Crippen LogP contribution in [0.15, 0.2) is 23.8 Å². The summed E-state index contributed by atoms with van der Waals surface area (Å²) in [7, 11) is 3.07. The molecule has 0 radical (unpaired) electrons. The Morgan fingerprint density at radius 1 is 1.40 bits per heavy atom. The van der Waals surface area contributed by atoms with E-state index in [9.17, 15) is 4.79 Å². The van der Waals surface area contributed by atoms with Crippen LogP contribution < -0.4 is 0 Å². The zero-order valence-corrected chi connectivity index (χ0v) is 10.2. The third-order valence-corrected chi connectivity index (χ3v) is 2.13. The van der Waals surface area contributed by atoms with E-state index in [0.29, 0.717) is 0 Å². The third kappa shape index (κ3) is 6.91. The first-order valence-corrected chi connectivity index (χ1v) is 5.10. The van der Waals surface area contributed by atoms with Crippen molar-refractivity contribution in [2.45, 2.75) is 33.1 Å². The first kappa shape index (κ1) is 13.9. The van der Waals surface area contributed by atoms with Gasteiger partial charge in [0, 0.05) is 13.1 Å². The molecule has 0 aromatic rings. The van der Waals surface area contributed by atoms with Crippen LogP contribution in [0.1, 0.15) is 33.1 Å². The first-order chi connectivity index (χ1) is 6.97. The molecule has 0 fully saturated rings. The van der Waals surface area contributed by atoms with Gasteiger partial charge in [0.15, 0.2) is 0 Å². The van der Waals surface area contributed by atoms with Gasteiger partial charge >= 0.3 is 0 Å². The zero-order chi connectivity index (χ0) is 11.8. The predicted molar refractivity (Wildman–Crippen MR) is 62.2 cm³/mol. The van der Waals surface area contributed by atoms with E-state index in [0.717, 1.165) is 24.8 Å². The average molecular weight is 211 g/mol. The fourth-order valence-electron chi connectivity index (χ4n) is 1.13. The van der Waals surface area contributed by atoms with Gasteiger partial charge in [0.2, 0.25) is 0 Å². The Kier molecular flexibility index (Phi) is 6.71. The molecule has 15 heavy (non-hydrogen) atoms. The molecule has 0 heterocycles. The predicted octanol–water partition coefficient (Wildman–Crippen LogP) is 2.70. The molecule has 0 saturated carbocycles. The number of rotatable bonds is 6. The van der Waals surface area contributed by atoms with Crippen molar-refractivity contribution in [3.8, 4) is 0 Å². The Bertz CT molecular complexity index is 256. The lowest BCUT2D eigenvalue weighted by Crippen LogP contribution is -2.23. The second-order valence-electron chi connectivity index (χ2n) is 3.82. The molecule has 1 amide bonds. The van der Waals surface area contributed by atoms with Crippen LogP contribution in [0.5, 0.6) is 0 Å². The highest BCUT2D eigenvalue weighted by atomic mass is 16.7. The van der Waals surface area contributed by atoms with Gasteiger partial charge in [0.05, 0.1) is 7.11 Å². The Hall–Kier alpha value is -1.09. The molecule has 0 aliphatic rings. The minimum absolute atomic E-state index is 0.120. The number of nitrogens with zero attached hydrogens (tertiary/aromatic N) is 1. The van der Waals surface area contributed by atoms with Crippen molar-refractivity contribution in [2.24, 2.45) is 0 Å². The van der Waals surface area contributed by atoms with Crippen molar-refractivity contribution in [3.63, 3.8) is 0 Å². The summed E-state index contributed by atoms with van der Waals surface area (Å²) in [4.78, 5) is 16.2. The summed E-state index contributed by atoms with van der Waals surface area (Å²) >= 11 is 0. The molecule has 0 unspecified atom stereocenters. The van der Waals surface area contributed by atoms with Gasteiger partial charge < -0.3 is 0 Å². The highest BCUT2D eigenvalue weighted by Crippen LogP contribution is 2.10. The lowest BCUT2D eigenvalue weighted by Gasteiger charge is -2.11. The summed E-state index contributed by atoms with van der Waals surface area (Å²) < 4.78 is 0. The number of likely N-dealkylation sites (N-methyl/N-ethyl adjacent to an activating group) is 1. The first-order valence-electron chi connectivity index (χ1n) is 5.10. The van der Waals surface area contributed by atoms with Crippen molar-refractivity contribution < 1.29 is 9.63 Å². The van der Waals surface area contributed by atoms with E-state index in [1.807, 2.05) is 13.8 Å². The van der Waals surface area contributed by atoms with E-state index in [-0.39, 0.29) is 5.91 Å². The van der Waals surface area contributed by atoms with Crippen molar-refractivity contribution in [1.82, 2.24) is 5.06 Å². The van der Waals surface area contributed by atoms with Crippen molar-refractivity contribution in [3.05, 3.63) is 23.8 Å². The number of hydroxylamine groups is 2. The molecule has 3 heteroatoms. The van der Waals surface area contributed by atoms with E-state index >= 15 is 0 Å². The molecular weight excluding hydrogens is 190 g/mol. The van der Waals surface area contributed by atoms with Crippen LogP contribution in [-0.2, 0) is 9.63 Å². The largest absolute Gasteiger partial charge is 0.274 e. The fraction of sp³-hybridized carbons (Fsp3) is 0.583. The minimum Gasteiger partial charge on any atom is -0.274 e. The summed E-state index contributed by atoms with van der Waals surface area (Å²) in [5.74, 6) is -0.120. The fourth-order valence-corrected chi connectivity index (χ4v) is 1.13. The van der Waals surface area contributed by atoms with Crippen LogP contribution in [0.2, 0.25) is 0 Å². The van der Waals surface area contributed by atoms with E-state index in [4.69, 9.17) is 4.84 Å². The van der Waals surface area contributed by atoms with Crippen molar-refractivity contribution >= 4 is 5.91 Å². The minimum atomic E-state index is -0.120. The Balaban J connectivity index is 3.97. The second-order valence-corrected chi connectivity index (χ2v) is 3.82. The molecule has 0 rings (SSSR count). The molecule has 0 aromatic heterocycles. The van der Waals surface area contributed by atoms with E-state index < -0.39 is 0 Å². The molecule has 0 aromatic carbocycles. The van der Waals surface area contributed by atoms with Gasteiger partial charge in [-0.1, -0.05) is 11.1 Å². The van der Waals surface area contributed by atoms with Gasteiger partial charge in [-0.15, -0.1) is 6.58 Å². The Labute approximate surface area is 92.4 Å². The van der Waals surface area contributed by atoms with Gasteiger partial charge in [-0.3, -0.25) is 9.63 Å². The third-order valence-electron chi connectivity index (χ3n) is 2.13. The number of allylic oxidation sites excluding steroid dienone is 2. The molecule has 86 valence electrons. The smallest absolute Gasteiger partial charge is 0.269 e. The maximum absolute atomic E-state index is 11.4. The summed E-state index contributed by atoms with van der Waals surface area (Å²) in [6, 6.07) is 0. The highest BCUT2D eigenvalue weighted by Gasteiger charge is 2.03. The highest BCUT2D eigenvalue weighted by molar-refractivity contribution is 5.87. The van der Waals surface area contributed by atoms with Crippen LogP contribution in [-0.4, -0.2) is 25.1 Å². The second kappa shape index (κ2) is 7.23. The van der Waals surface area contributed by atoms with Gasteiger partial charge in [0.1, 0.15) is 0 Å². The monoisotopic (exact) mass is 211 g/mol. The molecule has 0 spiro atoms. The zero-order valence-electron chi connectivity index (χ0n) is 10.2. The van der Waals surface area contributed by atoms with Crippen LogP contribution in [0.3, 0.4) is 0 Å². The normalized spacial score (nSPS) is 11.3. The summed E-state index contributed by atoms with van der Waals surface area (Å²) in [5.41, 5.74) is 2.26. The lowest BCUT2D eigenvalue weighted by molar-refractivity contribution is -0.162. The maximum atomic E-state index is 11.4. The molecule has 0 saturated heterocycles. The maximum Gasteiger partial charge on any atom is 0.269 e. The van der Waals surface area contributed by atoms with Crippen LogP contribution >= 0.6 is 0 Å². The molecule has 0 bridgehead atoms. The molecule has 0 aliphatic carbocycles. The Morgan fingerprint density at radius 3 is 2.47 bits per heavy atom. The molecule has 3 nitrogen and oxygen atoms in total. The van der Waals surface area contributed by atoms with E-state index in [2.05, 4.69) is 6.58 Å². The quantitative estimate of drug-likeness (QED) is 0.384. The number of hydrogen-bond acceptors (Lipinski definition) is 2. The van der Waals surface area contributed by atoms with Gasteiger partial charge in [0.25, 0.3) is 5.91 Å². The topological polar surface area (TPSA) is 29.5 Å². The van der Waals surface area contributed by atoms with Crippen LogP contribution in [0.4, 0.5) is 0 Å². The van der Waals surface area contributed by atoms with Gasteiger partial charge in [-0.25, -0.2) is 5.06 Å². The SMILES string of the molecule is C=C(C)CCC/C(C)=C/C(=O)N(C)OC. The van der Waals surface area contributed by atoms with Crippen molar-refractivity contribution in [1.29, 1.82) is 0 Å².